The van der Waals surface area contributed by atoms with Crippen LogP contribution in [0.5, 0.6) is 0 Å². The van der Waals surface area contributed by atoms with E-state index in [1.165, 1.54) is 17.5 Å². The predicted molar refractivity (Wildman–Crippen MR) is 71.3 cm³/mol. The van der Waals surface area contributed by atoms with E-state index >= 15 is 0 Å². The first-order valence-electron chi connectivity index (χ1n) is 6.42. The summed E-state index contributed by atoms with van der Waals surface area (Å²) in [6, 6.07) is 0.992. The Hall–Kier alpha value is -3.04. The van der Waals surface area contributed by atoms with E-state index < -0.39 is 11.7 Å². The van der Waals surface area contributed by atoms with Crippen LogP contribution in [0.2, 0.25) is 0 Å². The molecule has 0 atom stereocenters. The zero-order chi connectivity index (χ0) is 16.2. The van der Waals surface area contributed by atoms with Gasteiger partial charge >= 0.3 is 6.18 Å². The minimum Gasteiger partial charge on any atom is -0.422 e. The van der Waals surface area contributed by atoms with E-state index in [-0.39, 0.29) is 28.4 Å². The van der Waals surface area contributed by atoms with E-state index in [2.05, 4.69) is 25.1 Å². The van der Waals surface area contributed by atoms with Gasteiger partial charge in [-0.2, -0.15) is 13.2 Å². The van der Waals surface area contributed by atoms with Gasteiger partial charge in [0.15, 0.2) is 0 Å². The lowest BCUT2D eigenvalue weighted by atomic mass is 10.1. The normalized spacial score (nSPS) is 12.3. The molecule has 0 N–H and O–H groups in total. The van der Waals surface area contributed by atoms with E-state index in [0.29, 0.717) is 5.69 Å². The van der Waals surface area contributed by atoms with Crippen molar-refractivity contribution in [2.24, 2.45) is 0 Å². The maximum absolute atomic E-state index is 13.2. The monoisotopic (exact) mass is 320 g/mol. The van der Waals surface area contributed by atoms with Crippen molar-refractivity contribution in [2.45, 2.75) is 13.1 Å². The molecule has 4 rings (SSSR count). The summed E-state index contributed by atoms with van der Waals surface area (Å²) in [5.41, 5.74) is -0.132. The number of pyridine rings is 1. The highest BCUT2D eigenvalue weighted by molar-refractivity contribution is 5.81. The Kier molecular flexibility index (Phi) is 2.65. The van der Waals surface area contributed by atoms with Gasteiger partial charge in [-0.25, -0.2) is 15.0 Å². The number of aromatic nitrogens is 6. The van der Waals surface area contributed by atoms with Gasteiger partial charge < -0.3 is 4.42 Å². The standard InChI is InChI=1S/C13H7F3N6O/c1-6-2-8(13(14,15)16)7-3-17-12-20-9(11-21-18-5-23-11)4-22(12)10(7)19-6/h2-5H,1H3. The van der Waals surface area contributed by atoms with Gasteiger partial charge in [-0.05, 0) is 13.0 Å². The molecule has 0 aromatic carbocycles. The Bertz CT molecular complexity index is 1020. The molecule has 0 spiro atoms. The number of rotatable bonds is 1. The molecule has 7 nitrogen and oxygen atoms in total. The van der Waals surface area contributed by atoms with Crippen molar-refractivity contribution in [1.82, 2.24) is 29.5 Å². The smallest absolute Gasteiger partial charge is 0.417 e. The van der Waals surface area contributed by atoms with Crippen molar-refractivity contribution >= 4 is 16.8 Å². The second-order valence-corrected chi connectivity index (χ2v) is 4.84. The first-order chi connectivity index (χ1) is 10.9. The number of hydrogen-bond acceptors (Lipinski definition) is 6. The molecule has 0 fully saturated rings. The number of nitrogens with zero attached hydrogens (tertiary/aromatic N) is 6. The lowest BCUT2D eigenvalue weighted by Crippen LogP contribution is -2.09. The van der Waals surface area contributed by atoms with Crippen LogP contribution in [0.3, 0.4) is 0 Å². The van der Waals surface area contributed by atoms with Gasteiger partial charge in [-0.1, -0.05) is 0 Å². The Morgan fingerprint density at radius 2 is 2.04 bits per heavy atom. The van der Waals surface area contributed by atoms with Gasteiger partial charge in [0, 0.05) is 23.5 Å². The average molecular weight is 320 g/mol. The fourth-order valence-corrected chi connectivity index (χ4v) is 2.34. The third-order valence-corrected chi connectivity index (χ3v) is 3.28. The second-order valence-electron chi connectivity index (χ2n) is 4.84. The summed E-state index contributed by atoms with van der Waals surface area (Å²) in [5.74, 6) is 0.337. The lowest BCUT2D eigenvalue weighted by molar-refractivity contribution is -0.136. The molecule has 0 bridgehead atoms. The lowest BCUT2D eigenvalue weighted by Gasteiger charge is -2.11. The third kappa shape index (κ3) is 2.10. The highest BCUT2D eigenvalue weighted by atomic mass is 19.4. The van der Waals surface area contributed by atoms with Crippen LogP contribution in [0, 0.1) is 6.92 Å². The van der Waals surface area contributed by atoms with Gasteiger partial charge in [0.25, 0.3) is 5.89 Å². The average Bonchev–Trinajstić information content (AvgIpc) is 3.14. The third-order valence-electron chi connectivity index (χ3n) is 3.28. The molecule has 0 unspecified atom stereocenters. The maximum atomic E-state index is 13.2. The van der Waals surface area contributed by atoms with Gasteiger partial charge in [0.1, 0.15) is 11.3 Å². The van der Waals surface area contributed by atoms with E-state index in [0.717, 1.165) is 18.7 Å². The number of fused-ring (bicyclic) bond motifs is 3. The predicted octanol–water partition coefficient (Wildman–Crippen LogP) is 2.65. The van der Waals surface area contributed by atoms with E-state index in [9.17, 15) is 13.2 Å². The molecule has 0 aliphatic rings. The van der Waals surface area contributed by atoms with Crippen LogP contribution in [0.1, 0.15) is 11.3 Å². The Morgan fingerprint density at radius 3 is 2.74 bits per heavy atom. The zero-order valence-corrected chi connectivity index (χ0v) is 11.5. The number of aryl methyl sites for hydroxylation is 1. The summed E-state index contributed by atoms with van der Waals surface area (Å²) in [6.07, 6.45) is -0.790. The van der Waals surface area contributed by atoms with Crippen LogP contribution in [0.25, 0.3) is 28.4 Å². The molecule has 0 aliphatic heterocycles. The topological polar surface area (TPSA) is 82.0 Å². The molecule has 0 saturated heterocycles. The van der Waals surface area contributed by atoms with Crippen molar-refractivity contribution in [2.75, 3.05) is 0 Å². The number of hydrogen-bond donors (Lipinski definition) is 0. The summed E-state index contributed by atoms with van der Waals surface area (Å²) in [4.78, 5) is 12.3. The first kappa shape index (κ1) is 13.6. The van der Waals surface area contributed by atoms with E-state index in [1.54, 1.807) is 0 Å². The van der Waals surface area contributed by atoms with Crippen LogP contribution in [0.4, 0.5) is 13.2 Å². The van der Waals surface area contributed by atoms with Gasteiger partial charge in [-0.15, -0.1) is 10.2 Å². The largest absolute Gasteiger partial charge is 0.422 e. The van der Waals surface area contributed by atoms with Crippen molar-refractivity contribution in [1.29, 1.82) is 0 Å². The van der Waals surface area contributed by atoms with Crippen LogP contribution in [0.15, 0.2) is 29.3 Å². The summed E-state index contributed by atoms with van der Waals surface area (Å²) in [5, 5.41) is 7.15. The summed E-state index contributed by atoms with van der Waals surface area (Å²) >= 11 is 0. The SMILES string of the molecule is Cc1cc(C(F)(F)F)c2cnc3nc(-c4nnco4)cn3c2n1. The van der Waals surface area contributed by atoms with Crippen LogP contribution in [-0.2, 0) is 6.18 Å². The number of imidazole rings is 1. The van der Waals surface area contributed by atoms with Crippen molar-refractivity contribution in [3.8, 4) is 11.6 Å². The fraction of sp³-hybridized carbons (Fsp3) is 0.154. The highest BCUT2D eigenvalue weighted by Gasteiger charge is 2.34. The quantitative estimate of drug-likeness (QED) is 0.536. The van der Waals surface area contributed by atoms with E-state index in [4.69, 9.17) is 4.42 Å². The maximum Gasteiger partial charge on any atom is 0.417 e. The molecular weight excluding hydrogens is 313 g/mol. The second kappa shape index (κ2) is 4.48. The van der Waals surface area contributed by atoms with Crippen LogP contribution in [-0.4, -0.2) is 29.5 Å². The molecule has 116 valence electrons. The Balaban J connectivity index is 2.07. The van der Waals surface area contributed by atoms with Crippen LogP contribution < -0.4 is 0 Å². The zero-order valence-electron chi connectivity index (χ0n) is 11.5. The molecular formula is C13H7F3N6O. The van der Waals surface area contributed by atoms with Crippen molar-refractivity contribution < 1.29 is 17.6 Å². The number of alkyl halides is 3. The molecule has 23 heavy (non-hydrogen) atoms. The minimum atomic E-state index is -4.50. The summed E-state index contributed by atoms with van der Waals surface area (Å²) < 4.78 is 46.0. The van der Waals surface area contributed by atoms with Crippen LogP contribution >= 0.6 is 0 Å². The Morgan fingerprint density at radius 1 is 1.22 bits per heavy atom. The molecule has 4 aromatic rings. The molecule has 0 aliphatic carbocycles. The van der Waals surface area contributed by atoms with Crippen molar-refractivity contribution in [3.63, 3.8) is 0 Å². The Labute approximate surface area is 125 Å². The first-order valence-corrected chi connectivity index (χ1v) is 6.42. The number of halogens is 3. The highest BCUT2D eigenvalue weighted by Crippen LogP contribution is 2.34. The summed E-state index contributed by atoms with van der Waals surface area (Å²) in [7, 11) is 0. The molecule has 10 heteroatoms. The minimum absolute atomic E-state index is 0.106. The molecule has 4 aromatic heterocycles. The fourth-order valence-electron chi connectivity index (χ4n) is 2.34. The van der Waals surface area contributed by atoms with Gasteiger partial charge in [0.05, 0.1) is 5.56 Å². The van der Waals surface area contributed by atoms with E-state index in [1.807, 2.05) is 0 Å². The summed E-state index contributed by atoms with van der Waals surface area (Å²) in [6.45, 7) is 1.50. The molecule has 0 amide bonds. The molecule has 4 heterocycles. The molecule has 0 saturated carbocycles. The molecule has 0 radical (unpaired) electrons. The van der Waals surface area contributed by atoms with Crippen molar-refractivity contribution in [3.05, 3.63) is 36.1 Å². The van der Waals surface area contributed by atoms with Gasteiger partial charge in [0.2, 0.25) is 12.2 Å². The van der Waals surface area contributed by atoms with Gasteiger partial charge in [-0.3, -0.25) is 4.40 Å².